The van der Waals surface area contributed by atoms with Crippen molar-refractivity contribution in [3.05, 3.63) is 90.5 Å². The van der Waals surface area contributed by atoms with Crippen LogP contribution in [0.15, 0.2) is 79.4 Å². The average molecular weight is 481 g/mol. The maximum atomic E-state index is 11.0. The summed E-state index contributed by atoms with van der Waals surface area (Å²) in [4.78, 5) is 0. The van der Waals surface area contributed by atoms with E-state index in [2.05, 4.69) is 6.58 Å². The Balaban J connectivity index is 1.79. The fraction of sp³-hybridized carbons (Fsp3) is 0.286. The van der Waals surface area contributed by atoms with E-state index in [0.717, 1.165) is 40.2 Å². The van der Waals surface area contributed by atoms with Crippen molar-refractivity contribution in [3.63, 3.8) is 0 Å². The lowest BCUT2D eigenvalue weighted by molar-refractivity contribution is 0.183. The Kier molecular flexibility index (Phi) is 9.31. The number of hydrogen-bond acceptors (Lipinski definition) is 4. The van der Waals surface area contributed by atoms with Crippen LogP contribution < -0.4 is 9.47 Å². The first-order valence-electron chi connectivity index (χ1n) is 11.5. The summed E-state index contributed by atoms with van der Waals surface area (Å²) >= 11 is 0. The summed E-state index contributed by atoms with van der Waals surface area (Å²) in [6.07, 6.45) is 4.26. The molecule has 0 aliphatic rings. The van der Waals surface area contributed by atoms with E-state index in [1.807, 2.05) is 85.8 Å². The van der Waals surface area contributed by atoms with Gasteiger partial charge in [0.15, 0.2) is 0 Å². The summed E-state index contributed by atoms with van der Waals surface area (Å²) < 4.78 is 43.5. The molecular weight excluding hydrogens is 448 g/mol. The second kappa shape index (κ2) is 12.4. The van der Waals surface area contributed by atoms with Crippen LogP contribution in [-0.4, -0.2) is 24.8 Å². The average Bonchev–Trinajstić information content (AvgIpc) is 2.84. The molecule has 5 nitrogen and oxygen atoms in total. The lowest BCUT2D eigenvalue weighted by Crippen LogP contribution is -2.16. The molecule has 1 N–H and O–H groups in total. The Labute approximate surface area is 202 Å². The van der Waals surface area contributed by atoms with Gasteiger partial charge in [-0.15, -0.1) is 0 Å². The van der Waals surface area contributed by atoms with Crippen LogP contribution in [0.2, 0.25) is 0 Å². The van der Waals surface area contributed by atoms with Gasteiger partial charge in [-0.25, -0.2) is 0 Å². The van der Waals surface area contributed by atoms with Gasteiger partial charge in [-0.05, 0) is 54.5 Å². The van der Waals surface area contributed by atoms with Crippen LogP contribution in [-0.2, 0) is 16.7 Å². The third-order valence-corrected chi connectivity index (χ3v) is 6.39. The molecule has 0 aliphatic heterocycles. The molecule has 34 heavy (non-hydrogen) atoms. The zero-order chi connectivity index (χ0) is 24.4. The van der Waals surface area contributed by atoms with Crippen molar-refractivity contribution in [3.8, 4) is 22.6 Å². The van der Waals surface area contributed by atoms with Crippen LogP contribution in [0.25, 0.3) is 17.2 Å². The van der Waals surface area contributed by atoms with Crippen molar-refractivity contribution < 1.29 is 22.4 Å². The monoisotopic (exact) mass is 480 g/mol. The zero-order valence-corrected chi connectivity index (χ0v) is 20.3. The maximum absolute atomic E-state index is 11.0. The molecule has 3 aromatic rings. The number of benzene rings is 3. The Morgan fingerprint density at radius 3 is 2.29 bits per heavy atom. The van der Waals surface area contributed by atoms with E-state index in [1.165, 1.54) is 0 Å². The normalized spacial score (nSPS) is 12.2. The quantitative estimate of drug-likeness (QED) is 0.215. The van der Waals surface area contributed by atoms with Gasteiger partial charge in [0, 0.05) is 0 Å². The van der Waals surface area contributed by atoms with E-state index < -0.39 is 10.1 Å². The summed E-state index contributed by atoms with van der Waals surface area (Å²) in [5.41, 5.74) is 4.01. The summed E-state index contributed by atoms with van der Waals surface area (Å²) in [5.74, 6) is 1.24. The van der Waals surface area contributed by atoms with E-state index >= 15 is 0 Å². The molecule has 1 unspecified atom stereocenters. The van der Waals surface area contributed by atoms with Gasteiger partial charge in [-0.1, -0.05) is 80.2 Å². The summed E-state index contributed by atoms with van der Waals surface area (Å²) in [6.45, 7) is 6.26. The second-order valence-electron chi connectivity index (χ2n) is 8.16. The third kappa shape index (κ3) is 7.75. The number of rotatable bonds is 13. The van der Waals surface area contributed by atoms with Crippen molar-refractivity contribution in [1.82, 2.24) is 0 Å². The molecule has 3 aromatic carbocycles. The highest BCUT2D eigenvalue weighted by atomic mass is 32.2. The Bertz CT molecular complexity index is 1160. The first kappa shape index (κ1) is 25.5. The van der Waals surface area contributed by atoms with Crippen LogP contribution in [0.1, 0.15) is 43.7 Å². The summed E-state index contributed by atoms with van der Waals surface area (Å²) in [6, 6.07) is 23.9. The van der Waals surface area contributed by atoms with Gasteiger partial charge < -0.3 is 9.47 Å². The van der Waals surface area contributed by atoms with Crippen LogP contribution in [0.5, 0.6) is 11.5 Å². The van der Waals surface area contributed by atoms with Gasteiger partial charge in [-0.2, -0.15) is 8.42 Å². The standard InChI is InChI=1S/C28H32O5S/c1-3-22-16-18-23(19-17-22)21-32-26-14-10-15-27(28(26)24-11-6-5-7-12-24)33-25(4-2)13-8-9-20-34(29,30)31/h3,5-7,10-12,14-19,25H,1,4,8-9,13,20-21H2,2H3,(H,29,30,31). The highest BCUT2D eigenvalue weighted by Crippen LogP contribution is 2.39. The lowest BCUT2D eigenvalue weighted by atomic mass is 10.0. The molecule has 0 aliphatic carbocycles. The highest BCUT2D eigenvalue weighted by molar-refractivity contribution is 7.85. The Morgan fingerprint density at radius 2 is 1.65 bits per heavy atom. The molecule has 0 fully saturated rings. The van der Waals surface area contributed by atoms with Crippen LogP contribution in [0.3, 0.4) is 0 Å². The van der Waals surface area contributed by atoms with E-state index in [4.69, 9.17) is 14.0 Å². The largest absolute Gasteiger partial charge is 0.490 e. The molecule has 3 rings (SSSR count). The molecule has 0 aromatic heterocycles. The first-order valence-corrected chi connectivity index (χ1v) is 13.1. The highest BCUT2D eigenvalue weighted by Gasteiger charge is 2.17. The third-order valence-electron chi connectivity index (χ3n) is 5.59. The van der Waals surface area contributed by atoms with Crippen LogP contribution in [0, 0.1) is 0 Å². The van der Waals surface area contributed by atoms with Crippen molar-refractivity contribution in [2.45, 2.75) is 45.3 Å². The SMILES string of the molecule is C=Cc1ccc(COc2cccc(OC(CC)CCCCS(=O)(=O)O)c2-c2ccccc2)cc1. The van der Waals surface area contributed by atoms with Crippen LogP contribution in [0.4, 0.5) is 0 Å². The smallest absolute Gasteiger partial charge is 0.264 e. The molecular formula is C28H32O5S. The van der Waals surface area contributed by atoms with Crippen molar-refractivity contribution in [2.75, 3.05) is 5.75 Å². The topological polar surface area (TPSA) is 72.8 Å². The van der Waals surface area contributed by atoms with Gasteiger partial charge in [-0.3, -0.25) is 4.55 Å². The van der Waals surface area contributed by atoms with Gasteiger partial charge in [0.2, 0.25) is 0 Å². The van der Waals surface area contributed by atoms with Gasteiger partial charge in [0.1, 0.15) is 18.1 Å². The summed E-state index contributed by atoms with van der Waals surface area (Å²) in [7, 11) is -3.93. The molecule has 0 amide bonds. The van der Waals surface area contributed by atoms with Crippen molar-refractivity contribution in [1.29, 1.82) is 0 Å². The molecule has 0 saturated carbocycles. The fourth-order valence-electron chi connectivity index (χ4n) is 3.71. The minimum Gasteiger partial charge on any atom is -0.490 e. The summed E-state index contributed by atoms with van der Waals surface area (Å²) in [5, 5.41) is 0. The fourth-order valence-corrected chi connectivity index (χ4v) is 4.28. The second-order valence-corrected chi connectivity index (χ2v) is 9.73. The van der Waals surface area contributed by atoms with Crippen molar-refractivity contribution in [2.24, 2.45) is 0 Å². The molecule has 0 spiro atoms. The predicted molar refractivity (Wildman–Crippen MR) is 138 cm³/mol. The number of ether oxygens (including phenoxy) is 2. The van der Waals surface area contributed by atoms with E-state index in [-0.39, 0.29) is 11.9 Å². The molecule has 0 saturated heterocycles. The minimum absolute atomic E-state index is 0.0782. The molecule has 6 heteroatoms. The molecule has 0 heterocycles. The Hall–Kier alpha value is -3.09. The molecule has 1 atom stereocenters. The molecule has 180 valence electrons. The Morgan fingerprint density at radius 1 is 0.941 bits per heavy atom. The van der Waals surface area contributed by atoms with E-state index in [0.29, 0.717) is 25.9 Å². The van der Waals surface area contributed by atoms with Crippen LogP contribution >= 0.6 is 0 Å². The predicted octanol–water partition coefficient (Wildman–Crippen LogP) is 6.79. The molecule has 0 radical (unpaired) electrons. The molecule has 0 bridgehead atoms. The van der Waals surface area contributed by atoms with E-state index in [1.54, 1.807) is 0 Å². The minimum atomic E-state index is -3.93. The number of hydrogen-bond donors (Lipinski definition) is 1. The van der Waals surface area contributed by atoms with Gasteiger partial charge >= 0.3 is 0 Å². The van der Waals surface area contributed by atoms with E-state index in [9.17, 15) is 8.42 Å². The van der Waals surface area contributed by atoms with Crippen molar-refractivity contribution >= 4 is 16.2 Å². The number of unbranched alkanes of at least 4 members (excludes halogenated alkanes) is 1. The first-order chi connectivity index (χ1) is 16.4. The maximum Gasteiger partial charge on any atom is 0.264 e. The zero-order valence-electron chi connectivity index (χ0n) is 19.5. The van der Waals surface area contributed by atoms with Gasteiger partial charge in [0.25, 0.3) is 10.1 Å². The lowest BCUT2D eigenvalue weighted by Gasteiger charge is -2.22. The van der Waals surface area contributed by atoms with Gasteiger partial charge in [0.05, 0.1) is 17.4 Å².